The zero-order valence-electron chi connectivity index (χ0n) is 18.9. The van der Waals surface area contributed by atoms with E-state index in [0.29, 0.717) is 6.42 Å². The summed E-state index contributed by atoms with van der Waals surface area (Å²) in [5, 5.41) is 16.8. The summed E-state index contributed by atoms with van der Waals surface area (Å²) in [6.07, 6.45) is 3.83. The number of rotatable bonds is 3. The average molecular weight is 416 g/mol. The van der Waals surface area contributed by atoms with Crippen LogP contribution in [0.15, 0.2) is 63.6 Å². The number of nitrogens with zero attached hydrogens (tertiary/aromatic N) is 4. The zero-order valence-corrected chi connectivity index (χ0v) is 18.9. The topological polar surface area (TPSA) is 71.6 Å². The van der Waals surface area contributed by atoms with Crippen molar-refractivity contribution in [2.45, 2.75) is 58.5 Å². The first kappa shape index (κ1) is 19.9. The molecule has 0 fully saturated rings. The maximum absolute atomic E-state index is 13.6. The van der Waals surface area contributed by atoms with E-state index < -0.39 is 5.41 Å². The number of carbonyl (C=O) groups excluding carboxylic acids is 1. The van der Waals surface area contributed by atoms with E-state index in [1.165, 1.54) is 0 Å². The minimum Gasteiger partial charge on any atom is -0.362 e. The highest BCUT2D eigenvalue weighted by molar-refractivity contribution is 6.01. The first-order chi connectivity index (χ1) is 14.7. The normalized spacial score (nSPS) is 26.4. The van der Waals surface area contributed by atoms with Crippen molar-refractivity contribution in [3.05, 3.63) is 64.6 Å². The lowest BCUT2D eigenvalue weighted by molar-refractivity contribution is -0.119. The van der Waals surface area contributed by atoms with Crippen LogP contribution in [0.25, 0.3) is 11.3 Å². The first-order valence-corrected chi connectivity index (χ1v) is 11.0. The molecule has 0 spiro atoms. The van der Waals surface area contributed by atoms with Crippen LogP contribution in [0.3, 0.4) is 0 Å². The summed E-state index contributed by atoms with van der Waals surface area (Å²) >= 11 is 0. The molecule has 0 radical (unpaired) electrons. The highest BCUT2D eigenvalue weighted by Crippen LogP contribution is 2.53. The van der Waals surface area contributed by atoms with Gasteiger partial charge in [0.1, 0.15) is 0 Å². The second-order valence-corrected chi connectivity index (χ2v) is 9.79. The number of hydrogen-bond acceptors (Lipinski definition) is 5. The minimum absolute atomic E-state index is 0.0621. The molecule has 2 atom stereocenters. The molecule has 1 unspecified atom stereocenters. The molecule has 2 aromatic rings. The molecular formula is C25H29N5O. The van der Waals surface area contributed by atoms with Crippen LogP contribution in [0.2, 0.25) is 0 Å². The summed E-state index contributed by atoms with van der Waals surface area (Å²) in [5.74, 6) is 0.230. The Labute approximate surface area is 183 Å². The largest absolute Gasteiger partial charge is 0.362 e. The number of nitrogens with one attached hydrogen (secondary N) is 1. The molecule has 2 aliphatic heterocycles. The molecule has 1 aromatic heterocycles. The maximum Gasteiger partial charge on any atom is 0.164 e. The second-order valence-electron chi connectivity index (χ2n) is 9.79. The van der Waals surface area contributed by atoms with Gasteiger partial charge in [0.15, 0.2) is 11.9 Å². The van der Waals surface area contributed by atoms with Gasteiger partial charge in [-0.15, -0.1) is 0 Å². The van der Waals surface area contributed by atoms with Gasteiger partial charge >= 0.3 is 0 Å². The molecule has 0 bridgehead atoms. The van der Waals surface area contributed by atoms with Gasteiger partial charge in [-0.25, -0.2) is 0 Å². The fourth-order valence-corrected chi connectivity index (χ4v) is 5.71. The molecule has 1 N–H and O–H groups in total. The van der Waals surface area contributed by atoms with Gasteiger partial charge < -0.3 is 5.32 Å². The lowest BCUT2D eigenvalue weighted by Crippen LogP contribution is -2.51. The predicted octanol–water partition coefficient (Wildman–Crippen LogP) is 4.97. The molecule has 160 valence electrons. The van der Waals surface area contributed by atoms with Crippen LogP contribution >= 0.6 is 0 Å². The monoisotopic (exact) mass is 415 g/mol. The number of ketones is 1. The van der Waals surface area contributed by atoms with E-state index in [-0.39, 0.29) is 17.4 Å². The summed E-state index contributed by atoms with van der Waals surface area (Å²) in [5.41, 5.74) is 6.70. The van der Waals surface area contributed by atoms with Gasteiger partial charge in [0, 0.05) is 35.9 Å². The summed E-state index contributed by atoms with van der Waals surface area (Å²) in [6.45, 7) is 8.50. The Kier molecular flexibility index (Phi) is 4.33. The van der Waals surface area contributed by atoms with Crippen LogP contribution in [0.1, 0.15) is 51.3 Å². The van der Waals surface area contributed by atoms with Gasteiger partial charge in [-0.2, -0.15) is 15.3 Å². The van der Waals surface area contributed by atoms with Crippen molar-refractivity contribution in [3.63, 3.8) is 0 Å². The number of aromatic nitrogens is 2. The van der Waals surface area contributed by atoms with E-state index in [1.807, 2.05) is 24.9 Å². The molecule has 31 heavy (non-hydrogen) atoms. The fraction of sp³-hybridized carbons (Fsp3) is 0.440. The number of allylic oxidation sites excluding steroid dienone is 2. The molecule has 1 aliphatic carbocycles. The second kappa shape index (κ2) is 6.74. The number of carbonyl (C=O) groups is 1. The summed E-state index contributed by atoms with van der Waals surface area (Å²) < 4.78 is 1.91. The van der Waals surface area contributed by atoms with Crippen molar-refractivity contribution in [1.82, 2.24) is 15.1 Å². The third kappa shape index (κ3) is 2.92. The lowest BCUT2D eigenvalue weighted by Gasteiger charge is -2.47. The molecule has 6 nitrogen and oxygen atoms in total. The van der Waals surface area contributed by atoms with E-state index in [2.05, 4.69) is 71.7 Å². The number of benzene rings is 1. The summed E-state index contributed by atoms with van der Waals surface area (Å²) in [4.78, 5) is 13.6. The third-order valence-electron chi connectivity index (χ3n) is 6.96. The number of aryl methyl sites for hydroxylation is 2. The van der Waals surface area contributed by atoms with Gasteiger partial charge in [-0.05, 0) is 42.9 Å². The number of hydrogen-bond donors (Lipinski definition) is 1. The Bertz CT molecular complexity index is 1180. The molecule has 3 heterocycles. The van der Waals surface area contributed by atoms with Crippen LogP contribution in [0, 0.1) is 12.3 Å². The van der Waals surface area contributed by atoms with Gasteiger partial charge in [0.25, 0.3) is 0 Å². The predicted molar refractivity (Wildman–Crippen MR) is 120 cm³/mol. The van der Waals surface area contributed by atoms with E-state index in [1.54, 1.807) is 0 Å². The number of Topliss-reactive ketones (excluding diaryl/α,β-unsaturated/α-hetero) is 1. The van der Waals surface area contributed by atoms with Gasteiger partial charge in [-0.3, -0.25) is 9.48 Å². The molecule has 0 saturated carbocycles. The SMILES string of the molecule is CC[C@]1(c2cccc(-c3cc(C)nn3C)c2)C2=CN=NC2NC2=C1C(=O)CC(C)(C)C2. The van der Waals surface area contributed by atoms with Crippen LogP contribution < -0.4 is 5.32 Å². The van der Waals surface area contributed by atoms with Crippen LogP contribution in [0.4, 0.5) is 0 Å². The third-order valence-corrected chi connectivity index (χ3v) is 6.96. The van der Waals surface area contributed by atoms with Crippen molar-refractivity contribution in [2.24, 2.45) is 22.7 Å². The summed E-state index contributed by atoms with van der Waals surface area (Å²) in [7, 11) is 1.97. The highest BCUT2D eigenvalue weighted by Gasteiger charge is 2.52. The van der Waals surface area contributed by atoms with E-state index >= 15 is 0 Å². The van der Waals surface area contributed by atoms with Crippen LogP contribution in [0.5, 0.6) is 0 Å². The average Bonchev–Trinajstić information content (AvgIpc) is 3.31. The highest BCUT2D eigenvalue weighted by atomic mass is 16.1. The quantitative estimate of drug-likeness (QED) is 0.770. The van der Waals surface area contributed by atoms with Crippen molar-refractivity contribution in [2.75, 3.05) is 0 Å². The van der Waals surface area contributed by atoms with Crippen molar-refractivity contribution in [1.29, 1.82) is 0 Å². The Morgan fingerprint density at radius 3 is 2.74 bits per heavy atom. The van der Waals surface area contributed by atoms with Crippen molar-refractivity contribution in [3.8, 4) is 11.3 Å². The first-order valence-electron chi connectivity index (χ1n) is 11.0. The molecule has 6 heteroatoms. The van der Waals surface area contributed by atoms with Gasteiger partial charge in [0.05, 0.1) is 23.0 Å². The van der Waals surface area contributed by atoms with Crippen molar-refractivity contribution < 1.29 is 4.79 Å². The number of azo groups is 1. The Morgan fingerprint density at radius 1 is 1.23 bits per heavy atom. The van der Waals surface area contributed by atoms with Crippen LogP contribution in [-0.2, 0) is 17.3 Å². The van der Waals surface area contributed by atoms with Gasteiger partial charge in [0.2, 0.25) is 0 Å². The fourth-order valence-electron chi connectivity index (χ4n) is 5.71. The molecule has 0 amide bonds. The lowest BCUT2D eigenvalue weighted by atomic mass is 9.58. The Balaban J connectivity index is 1.74. The Morgan fingerprint density at radius 2 is 2.03 bits per heavy atom. The molecular weight excluding hydrogens is 386 g/mol. The number of fused-ring (bicyclic) bond motifs is 1. The zero-order chi connectivity index (χ0) is 22.0. The van der Waals surface area contributed by atoms with Crippen LogP contribution in [-0.4, -0.2) is 21.7 Å². The molecule has 3 aliphatic rings. The molecule has 1 aromatic carbocycles. The summed E-state index contributed by atoms with van der Waals surface area (Å²) in [6, 6.07) is 10.7. The molecule has 0 saturated heterocycles. The Hall–Kier alpha value is -3.02. The van der Waals surface area contributed by atoms with Crippen molar-refractivity contribution >= 4 is 5.78 Å². The van der Waals surface area contributed by atoms with E-state index in [9.17, 15) is 4.79 Å². The molecule has 5 rings (SSSR count). The minimum atomic E-state index is -0.522. The maximum atomic E-state index is 13.6. The van der Waals surface area contributed by atoms with Gasteiger partial charge in [-0.1, -0.05) is 39.0 Å². The standard InChI is InChI=1S/C25H29N5O/c1-6-25(17-9-7-8-16(11-17)20-10-15(2)29-30(20)5)18-14-26-28-23(18)27-19-12-24(3,4)13-21(31)22(19)25/h7-11,14,23,27H,6,12-13H2,1-5H3/t23?,25-/m0/s1. The van der Waals surface area contributed by atoms with E-state index in [4.69, 9.17) is 0 Å². The van der Waals surface area contributed by atoms with E-state index in [0.717, 1.165) is 52.2 Å². The smallest absolute Gasteiger partial charge is 0.164 e.